The van der Waals surface area contributed by atoms with Gasteiger partial charge >= 0.3 is 5.97 Å². The molecule has 6 heteroatoms. The highest BCUT2D eigenvalue weighted by atomic mass is 35.5. The van der Waals surface area contributed by atoms with Crippen LogP contribution in [0.5, 0.6) is 0 Å². The van der Waals surface area contributed by atoms with E-state index in [1.807, 2.05) is 0 Å². The second-order valence-corrected chi connectivity index (χ2v) is 5.02. The third kappa shape index (κ3) is 2.91. The molecular weight excluding hydrogens is 256 g/mol. The van der Waals surface area contributed by atoms with Crippen molar-refractivity contribution in [1.29, 1.82) is 0 Å². The summed E-state index contributed by atoms with van der Waals surface area (Å²) in [6.07, 6.45) is 3.57. The molecule has 1 aliphatic rings. The lowest BCUT2D eigenvalue weighted by atomic mass is 10.0. The molecule has 0 aromatic carbocycles. The monoisotopic (exact) mass is 270 g/mol. The van der Waals surface area contributed by atoms with Crippen molar-refractivity contribution in [3.05, 3.63) is 22.8 Å². The number of anilines is 1. The lowest BCUT2D eigenvalue weighted by Crippen LogP contribution is -2.33. The van der Waals surface area contributed by atoms with Gasteiger partial charge in [0.15, 0.2) is 5.69 Å². The number of pyridine rings is 1. The van der Waals surface area contributed by atoms with Gasteiger partial charge in [0.05, 0.1) is 10.6 Å². The fourth-order valence-electron chi connectivity index (χ4n) is 2.16. The van der Waals surface area contributed by atoms with E-state index in [1.165, 1.54) is 6.07 Å². The number of hydrogen-bond donors (Lipinski definition) is 3. The Bertz CT molecular complexity index is 459. The highest BCUT2D eigenvalue weighted by Gasteiger charge is 2.30. The average Bonchev–Trinajstić information content (AvgIpc) is 2.75. The predicted octanol–water partition coefficient (Wildman–Crippen LogP) is 2.15. The second-order valence-electron chi connectivity index (χ2n) is 4.62. The van der Waals surface area contributed by atoms with E-state index < -0.39 is 11.6 Å². The van der Waals surface area contributed by atoms with Crippen molar-refractivity contribution in [3.8, 4) is 0 Å². The summed E-state index contributed by atoms with van der Waals surface area (Å²) < 4.78 is 0. The van der Waals surface area contributed by atoms with Crippen molar-refractivity contribution in [2.75, 3.05) is 11.9 Å². The molecule has 1 heterocycles. The molecule has 0 bridgehead atoms. The van der Waals surface area contributed by atoms with Gasteiger partial charge < -0.3 is 15.5 Å². The number of carboxylic acids is 1. The van der Waals surface area contributed by atoms with Crippen LogP contribution in [0.25, 0.3) is 0 Å². The van der Waals surface area contributed by atoms with Gasteiger partial charge in [-0.25, -0.2) is 9.78 Å². The molecule has 2 rings (SSSR count). The summed E-state index contributed by atoms with van der Waals surface area (Å²) in [7, 11) is 0. The molecule has 1 fully saturated rings. The first-order chi connectivity index (χ1) is 8.50. The van der Waals surface area contributed by atoms with Crippen LogP contribution in [0.4, 0.5) is 5.82 Å². The van der Waals surface area contributed by atoms with Crippen LogP contribution in [0.15, 0.2) is 12.1 Å². The number of halogens is 1. The van der Waals surface area contributed by atoms with Crippen molar-refractivity contribution < 1.29 is 15.0 Å². The lowest BCUT2D eigenvalue weighted by Gasteiger charge is -2.22. The van der Waals surface area contributed by atoms with Crippen molar-refractivity contribution in [2.45, 2.75) is 31.3 Å². The number of carbonyl (C=O) groups is 1. The van der Waals surface area contributed by atoms with Crippen LogP contribution in [0.1, 0.15) is 36.2 Å². The summed E-state index contributed by atoms with van der Waals surface area (Å²) in [4.78, 5) is 14.8. The molecule has 98 valence electrons. The van der Waals surface area contributed by atoms with Crippen LogP contribution in [0.3, 0.4) is 0 Å². The van der Waals surface area contributed by atoms with Gasteiger partial charge in [0.1, 0.15) is 5.82 Å². The molecule has 0 radical (unpaired) electrons. The maximum atomic E-state index is 10.9. The van der Waals surface area contributed by atoms with E-state index in [0.717, 1.165) is 25.7 Å². The van der Waals surface area contributed by atoms with E-state index in [0.29, 0.717) is 12.4 Å². The second kappa shape index (κ2) is 5.12. The van der Waals surface area contributed by atoms with Crippen LogP contribution >= 0.6 is 11.6 Å². The van der Waals surface area contributed by atoms with E-state index >= 15 is 0 Å². The average molecular weight is 271 g/mol. The molecule has 1 saturated carbocycles. The summed E-state index contributed by atoms with van der Waals surface area (Å²) in [6, 6.07) is 3.09. The molecule has 1 aromatic rings. The minimum Gasteiger partial charge on any atom is -0.476 e. The predicted molar refractivity (Wildman–Crippen MR) is 68.1 cm³/mol. The Morgan fingerprint density at radius 3 is 2.72 bits per heavy atom. The number of carboxylic acid groups (broad SMARTS) is 1. The first-order valence-electron chi connectivity index (χ1n) is 5.86. The van der Waals surface area contributed by atoms with Gasteiger partial charge in [-0.05, 0) is 25.0 Å². The normalized spacial score (nSPS) is 17.7. The molecule has 0 saturated heterocycles. The van der Waals surface area contributed by atoms with E-state index in [4.69, 9.17) is 16.7 Å². The SMILES string of the molecule is O=C(O)c1nc(NCC2(O)CCCC2)ccc1Cl. The molecule has 3 N–H and O–H groups in total. The Labute approximate surface area is 110 Å². The summed E-state index contributed by atoms with van der Waals surface area (Å²) in [5.74, 6) is -0.750. The van der Waals surface area contributed by atoms with Crippen molar-refractivity contribution in [3.63, 3.8) is 0 Å². The third-order valence-corrected chi connectivity index (χ3v) is 3.49. The zero-order valence-electron chi connectivity index (χ0n) is 9.82. The Morgan fingerprint density at radius 2 is 2.11 bits per heavy atom. The molecule has 1 aliphatic carbocycles. The van der Waals surface area contributed by atoms with E-state index in [2.05, 4.69) is 10.3 Å². The minimum atomic E-state index is -1.16. The van der Waals surface area contributed by atoms with Crippen LogP contribution in [0, 0.1) is 0 Å². The molecular formula is C12H15ClN2O3. The Balaban J connectivity index is 2.05. The van der Waals surface area contributed by atoms with Gasteiger partial charge in [0, 0.05) is 6.54 Å². The topological polar surface area (TPSA) is 82.5 Å². The number of nitrogens with zero attached hydrogens (tertiary/aromatic N) is 1. The Kier molecular flexibility index (Phi) is 3.73. The molecule has 0 amide bonds. The minimum absolute atomic E-state index is 0.104. The first-order valence-corrected chi connectivity index (χ1v) is 6.24. The number of hydrogen-bond acceptors (Lipinski definition) is 4. The smallest absolute Gasteiger partial charge is 0.356 e. The maximum Gasteiger partial charge on any atom is 0.356 e. The first kappa shape index (κ1) is 13.1. The molecule has 0 atom stereocenters. The van der Waals surface area contributed by atoms with E-state index in [1.54, 1.807) is 6.07 Å². The lowest BCUT2D eigenvalue weighted by molar-refractivity contribution is 0.0614. The van der Waals surface area contributed by atoms with Crippen molar-refractivity contribution in [2.24, 2.45) is 0 Å². The Morgan fingerprint density at radius 1 is 1.44 bits per heavy atom. The summed E-state index contributed by atoms with van der Waals surface area (Å²) in [5.41, 5.74) is -0.884. The Hall–Kier alpha value is -1.33. The van der Waals surface area contributed by atoms with E-state index in [-0.39, 0.29) is 10.7 Å². The van der Waals surface area contributed by atoms with Crippen molar-refractivity contribution in [1.82, 2.24) is 4.98 Å². The van der Waals surface area contributed by atoms with Gasteiger partial charge in [-0.3, -0.25) is 0 Å². The maximum absolute atomic E-state index is 10.9. The molecule has 0 spiro atoms. The molecule has 1 aromatic heterocycles. The molecule has 18 heavy (non-hydrogen) atoms. The zero-order chi connectivity index (χ0) is 13.2. The van der Waals surface area contributed by atoms with Gasteiger partial charge in [0.2, 0.25) is 0 Å². The molecule has 0 aliphatic heterocycles. The number of rotatable bonds is 4. The van der Waals surface area contributed by atoms with Crippen LogP contribution in [-0.2, 0) is 0 Å². The number of nitrogens with one attached hydrogen (secondary N) is 1. The largest absolute Gasteiger partial charge is 0.476 e. The standard InChI is InChI=1S/C12H15ClN2O3/c13-8-3-4-9(15-10(8)11(16)17)14-7-12(18)5-1-2-6-12/h3-4,18H,1-2,5-7H2,(H,14,15)(H,16,17). The highest BCUT2D eigenvalue weighted by Crippen LogP contribution is 2.29. The summed E-state index contributed by atoms with van der Waals surface area (Å²) in [6.45, 7) is 0.376. The summed E-state index contributed by atoms with van der Waals surface area (Å²) >= 11 is 5.73. The van der Waals surface area contributed by atoms with Crippen molar-refractivity contribution >= 4 is 23.4 Å². The number of aliphatic hydroxyl groups is 1. The van der Waals surface area contributed by atoms with Gasteiger partial charge in [-0.15, -0.1) is 0 Å². The highest BCUT2D eigenvalue weighted by molar-refractivity contribution is 6.33. The summed E-state index contributed by atoms with van der Waals surface area (Å²) in [5, 5.41) is 22.1. The number of aromatic nitrogens is 1. The van der Waals surface area contributed by atoms with Crippen LogP contribution in [-0.4, -0.2) is 33.3 Å². The van der Waals surface area contributed by atoms with Crippen LogP contribution in [0.2, 0.25) is 5.02 Å². The van der Waals surface area contributed by atoms with Crippen LogP contribution < -0.4 is 5.32 Å². The molecule has 0 unspecified atom stereocenters. The third-order valence-electron chi connectivity index (χ3n) is 3.18. The fourth-order valence-corrected chi connectivity index (χ4v) is 2.34. The quantitative estimate of drug-likeness (QED) is 0.781. The number of aromatic carboxylic acids is 1. The molecule has 5 nitrogen and oxygen atoms in total. The van der Waals surface area contributed by atoms with Gasteiger partial charge in [0.25, 0.3) is 0 Å². The van der Waals surface area contributed by atoms with E-state index in [9.17, 15) is 9.90 Å². The zero-order valence-corrected chi connectivity index (χ0v) is 10.6. The van der Waals surface area contributed by atoms with Gasteiger partial charge in [-0.1, -0.05) is 24.4 Å². The fraction of sp³-hybridized carbons (Fsp3) is 0.500. The van der Waals surface area contributed by atoms with Gasteiger partial charge in [-0.2, -0.15) is 0 Å².